The molecule has 0 aliphatic carbocycles. The number of nitrogens with zero attached hydrogens (tertiary/aromatic N) is 2. The number of amides is 1. The first-order valence-corrected chi connectivity index (χ1v) is 10.8. The third kappa shape index (κ3) is 4.58. The van der Waals surface area contributed by atoms with Gasteiger partial charge in [-0.3, -0.25) is 4.79 Å². The lowest BCUT2D eigenvalue weighted by Gasteiger charge is -2.17. The summed E-state index contributed by atoms with van der Waals surface area (Å²) < 4.78 is 10.9. The van der Waals surface area contributed by atoms with Gasteiger partial charge >= 0.3 is 0 Å². The van der Waals surface area contributed by atoms with Crippen molar-refractivity contribution in [3.63, 3.8) is 0 Å². The number of rotatable bonds is 7. The van der Waals surface area contributed by atoms with Gasteiger partial charge in [-0.2, -0.15) is 5.26 Å². The Kier molecular flexibility index (Phi) is 6.53. The van der Waals surface area contributed by atoms with Crippen LogP contribution >= 0.6 is 0 Å². The maximum atomic E-state index is 13.1. The van der Waals surface area contributed by atoms with Gasteiger partial charge in [0.2, 0.25) is 0 Å². The lowest BCUT2D eigenvalue weighted by molar-refractivity contribution is -0.110. The second-order valence-corrected chi connectivity index (χ2v) is 8.21. The number of nitriles is 1. The van der Waals surface area contributed by atoms with Gasteiger partial charge in [0, 0.05) is 23.4 Å². The van der Waals surface area contributed by atoms with Gasteiger partial charge in [0.05, 0.1) is 42.8 Å². The molecule has 1 aliphatic heterocycles. The number of methoxy groups -OCH3 is 2. The van der Waals surface area contributed by atoms with E-state index in [2.05, 4.69) is 33.7 Å². The maximum absolute atomic E-state index is 13.1. The number of hydrogen-bond acceptors (Lipinski definition) is 6. The lowest BCUT2D eigenvalue weighted by Crippen LogP contribution is -2.11. The summed E-state index contributed by atoms with van der Waals surface area (Å²) in [5.74, 6) is 0.907. The minimum absolute atomic E-state index is 0.244. The van der Waals surface area contributed by atoms with E-state index < -0.39 is 0 Å². The van der Waals surface area contributed by atoms with Gasteiger partial charge in [-0.25, -0.2) is 0 Å². The summed E-state index contributed by atoms with van der Waals surface area (Å²) in [6.45, 7) is 0.834. The number of nitrogens with one attached hydrogen (secondary N) is 2. The zero-order chi connectivity index (χ0) is 24.2. The van der Waals surface area contributed by atoms with Crippen LogP contribution in [0.1, 0.15) is 22.3 Å². The molecule has 3 aromatic carbocycles. The quantitative estimate of drug-likeness (QED) is 0.509. The zero-order valence-electron chi connectivity index (χ0n) is 19.6. The molecule has 7 nitrogen and oxygen atoms in total. The van der Waals surface area contributed by atoms with E-state index >= 15 is 0 Å². The molecule has 0 saturated heterocycles. The number of carbonyl (C=O) groups excluding carboxylic acids is 1. The summed E-state index contributed by atoms with van der Waals surface area (Å²) in [5.41, 5.74) is 5.73. The predicted octanol–water partition coefficient (Wildman–Crippen LogP) is 4.57. The standard InChI is InChI=1S/C27H26N4O3/c1-31(2)16-17-5-9-20(10-6-17)29-26(19-8-12-23(33-3)24(14-19)34-4)25-21-11-7-18(15-28)13-22(21)30-27(25)32/h5-14,29H,16H2,1-4H3,(H,30,32). The van der Waals surface area contributed by atoms with Crippen molar-refractivity contribution in [1.29, 1.82) is 5.26 Å². The van der Waals surface area contributed by atoms with E-state index in [9.17, 15) is 10.1 Å². The van der Waals surface area contributed by atoms with Gasteiger partial charge < -0.3 is 25.0 Å². The Bertz CT molecular complexity index is 1300. The van der Waals surface area contributed by atoms with Crippen molar-refractivity contribution in [3.05, 3.63) is 82.9 Å². The average Bonchev–Trinajstić information content (AvgIpc) is 3.17. The highest BCUT2D eigenvalue weighted by Gasteiger charge is 2.29. The molecule has 0 aromatic heterocycles. The van der Waals surface area contributed by atoms with Crippen molar-refractivity contribution < 1.29 is 14.3 Å². The zero-order valence-corrected chi connectivity index (χ0v) is 19.6. The molecule has 1 heterocycles. The highest BCUT2D eigenvalue weighted by atomic mass is 16.5. The Morgan fingerprint density at radius 2 is 1.74 bits per heavy atom. The van der Waals surface area contributed by atoms with Crippen molar-refractivity contribution in [2.24, 2.45) is 0 Å². The summed E-state index contributed by atoms with van der Waals surface area (Å²) >= 11 is 0. The lowest BCUT2D eigenvalue weighted by atomic mass is 9.98. The van der Waals surface area contributed by atoms with Gasteiger partial charge in [-0.05, 0) is 62.1 Å². The number of fused-ring (bicyclic) bond motifs is 1. The molecule has 0 saturated carbocycles. The fourth-order valence-electron chi connectivity index (χ4n) is 3.96. The molecule has 1 amide bonds. The minimum Gasteiger partial charge on any atom is -0.493 e. The van der Waals surface area contributed by atoms with Crippen molar-refractivity contribution in [2.75, 3.05) is 38.9 Å². The van der Waals surface area contributed by atoms with Crippen molar-refractivity contribution in [3.8, 4) is 17.6 Å². The van der Waals surface area contributed by atoms with E-state index in [1.54, 1.807) is 32.4 Å². The van der Waals surface area contributed by atoms with Crippen molar-refractivity contribution in [1.82, 2.24) is 4.90 Å². The Balaban J connectivity index is 1.85. The van der Waals surface area contributed by atoms with E-state index in [4.69, 9.17) is 9.47 Å². The van der Waals surface area contributed by atoms with Crippen LogP contribution < -0.4 is 20.1 Å². The summed E-state index contributed by atoms with van der Waals surface area (Å²) in [6, 6.07) is 20.9. The maximum Gasteiger partial charge on any atom is 0.258 e. The number of benzene rings is 3. The first-order chi connectivity index (χ1) is 16.4. The van der Waals surface area contributed by atoms with Crippen LogP contribution in [0.5, 0.6) is 11.5 Å². The molecule has 0 radical (unpaired) electrons. The SMILES string of the molecule is COc1ccc(C(Nc2ccc(CN(C)C)cc2)=C2C(=O)Nc3cc(C#N)ccc32)cc1OC. The van der Waals surface area contributed by atoms with Crippen LogP contribution in [0.2, 0.25) is 0 Å². The van der Waals surface area contributed by atoms with Crippen LogP contribution in [-0.4, -0.2) is 39.1 Å². The third-order valence-corrected chi connectivity index (χ3v) is 5.54. The van der Waals surface area contributed by atoms with E-state index in [-0.39, 0.29) is 5.91 Å². The normalized spacial score (nSPS) is 13.7. The Morgan fingerprint density at radius 1 is 1.00 bits per heavy atom. The molecular weight excluding hydrogens is 428 g/mol. The minimum atomic E-state index is -0.244. The van der Waals surface area contributed by atoms with Crippen LogP contribution in [-0.2, 0) is 11.3 Å². The number of hydrogen-bond donors (Lipinski definition) is 2. The molecule has 34 heavy (non-hydrogen) atoms. The van der Waals surface area contributed by atoms with Gasteiger partial charge in [0.25, 0.3) is 5.91 Å². The van der Waals surface area contributed by atoms with Crippen molar-refractivity contribution in [2.45, 2.75) is 6.54 Å². The van der Waals surface area contributed by atoms with Crippen molar-refractivity contribution >= 4 is 28.6 Å². The predicted molar refractivity (Wildman–Crippen MR) is 134 cm³/mol. The van der Waals surface area contributed by atoms with Crippen LogP contribution in [0.15, 0.2) is 60.7 Å². The smallest absolute Gasteiger partial charge is 0.258 e. The van der Waals surface area contributed by atoms with Gasteiger partial charge in [0.1, 0.15) is 0 Å². The number of anilines is 2. The van der Waals surface area contributed by atoms with Gasteiger partial charge in [-0.1, -0.05) is 18.2 Å². The third-order valence-electron chi connectivity index (χ3n) is 5.54. The van der Waals surface area contributed by atoms with Crippen LogP contribution in [0.4, 0.5) is 11.4 Å². The molecule has 2 N–H and O–H groups in total. The van der Waals surface area contributed by atoms with Crippen LogP contribution in [0, 0.1) is 11.3 Å². The second-order valence-electron chi connectivity index (χ2n) is 8.21. The largest absolute Gasteiger partial charge is 0.493 e. The summed E-state index contributed by atoms with van der Waals surface area (Å²) in [7, 11) is 7.21. The molecule has 172 valence electrons. The second kappa shape index (κ2) is 9.69. The molecule has 3 aromatic rings. The number of carbonyl (C=O) groups is 1. The molecule has 4 rings (SSSR count). The fourth-order valence-corrected chi connectivity index (χ4v) is 3.96. The van der Waals surface area contributed by atoms with Crippen LogP contribution in [0.3, 0.4) is 0 Å². The molecular formula is C27H26N4O3. The average molecular weight is 455 g/mol. The number of ether oxygens (including phenoxy) is 2. The summed E-state index contributed by atoms with van der Waals surface area (Å²) in [4.78, 5) is 15.2. The Hall–Kier alpha value is -4.28. The van der Waals surface area contributed by atoms with E-state index in [0.29, 0.717) is 34.0 Å². The van der Waals surface area contributed by atoms with Gasteiger partial charge in [-0.15, -0.1) is 0 Å². The molecule has 1 aliphatic rings. The van der Waals surface area contributed by atoms with E-state index in [1.165, 1.54) is 5.56 Å². The molecule has 7 heteroatoms. The molecule has 0 atom stereocenters. The summed E-state index contributed by atoms with van der Waals surface area (Å²) in [6.07, 6.45) is 0. The molecule has 0 spiro atoms. The molecule has 0 bridgehead atoms. The fraction of sp³-hybridized carbons (Fsp3) is 0.185. The Labute approximate surface area is 199 Å². The first kappa shape index (κ1) is 22.9. The molecule has 0 unspecified atom stereocenters. The topological polar surface area (TPSA) is 86.6 Å². The monoisotopic (exact) mass is 454 g/mol. The van der Waals surface area contributed by atoms with E-state index in [1.807, 2.05) is 44.4 Å². The molecule has 0 fully saturated rings. The highest BCUT2D eigenvalue weighted by Crippen LogP contribution is 2.40. The van der Waals surface area contributed by atoms with E-state index in [0.717, 1.165) is 23.4 Å². The highest BCUT2D eigenvalue weighted by molar-refractivity contribution is 6.37. The van der Waals surface area contributed by atoms with Crippen LogP contribution in [0.25, 0.3) is 11.3 Å². The van der Waals surface area contributed by atoms with Gasteiger partial charge in [0.15, 0.2) is 11.5 Å². The Morgan fingerprint density at radius 3 is 2.38 bits per heavy atom. The first-order valence-electron chi connectivity index (χ1n) is 10.8. The summed E-state index contributed by atoms with van der Waals surface area (Å²) in [5, 5.41) is 15.6.